The molecular formula is C24H27N7OS2. The highest BCUT2D eigenvalue weighted by Crippen LogP contribution is 2.46. The van der Waals surface area contributed by atoms with Gasteiger partial charge in [-0.05, 0) is 24.1 Å². The Balaban J connectivity index is 1.46. The van der Waals surface area contributed by atoms with Crippen LogP contribution in [0.5, 0.6) is 0 Å². The number of methoxy groups -OCH3 is 1. The first-order valence-corrected chi connectivity index (χ1v) is 13.1. The number of anilines is 2. The third-order valence-electron chi connectivity index (χ3n) is 5.69. The Kier molecular flexibility index (Phi) is 6.98. The Morgan fingerprint density at radius 2 is 2.00 bits per heavy atom. The minimum atomic E-state index is 0.404. The highest BCUT2D eigenvalue weighted by atomic mass is 32.2. The molecule has 0 bridgehead atoms. The van der Waals surface area contributed by atoms with E-state index in [9.17, 15) is 0 Å². The molecule has 0 N–H and O–H groups in total. The molecule has 1 aliphatic heterocycles. The predicted molar refractivity (Wildman–Crippen MR) is 136 cm³/mol. The zero-order valence-electron chi connectivity index (χ0n) is 19.5. The van der Waals surface area contributed by atoms with Gasteiger partial charge in [0.05, 0.1) is 12.0 Å². The number of unbranched alkanes of at least 4 members (excludes halogenated alkanes) is 1. The van der Waals surface area contributed by atoms with Crippen LogP contribution < -0.4 is 4.90 Å². The zero-order valence-corrected chi connectivity index (χ0v) is 21.1. The van der Waals surface area contributed by atoms with Crippen molar-refractivity contribution in [1.82, 2.24) is 29.5 Å². The van der Waals surface area contributed by atoms with Gasteiger partial charge in [-0.3, -0.25) is 4.90 Å². The summed E-state index contributed by atoms with van der Waals surface area (Å²) in [7, 11) is 1.69. The van der Waals surface area contributed by atoms with Crippen LogP contribution >= 0.6 is 23.5 Å². The van der Waals surface area contributed by atoms with Crippen LogP contribution in [-0.2, 0) is 11.3 Å². The van der Waals surface area contributed by atoms with E-state index in [0.29, 0.717) is 18.5 Å². The lowest BCUT2D eigenvalue weighted by Crippen LogP contribution is -2.24. The predicted octanol–water partition coefficient (Wildman–Crippen LogP) is 5.54. The highest BCUT2D eigenvalue weighted by Gasteiger charge is 2.26. The maximum absolute atomic E-state index is 5.49. The van der Waals surface area contributed by atoms with Crippen molar-refractivity contribution >= 4 is 46.2 Å². The van der Waals surface area contributed by atoms with Gasteiger partial charge in [0, 0.05) is 36.2 Å². The van der Waals surface area contributed by atoms with Crippen molar-refractivity contribution in [3.05, 3.63) is 48.8 Å². The molecule has 0 saturated carbocycles. The van der Waals surface area contributed by atoms with E-state index in [0.717, 1.165) is 43.2 Å². The van der Waals surface area contributed by atoms with Crippen LogP contribution in [0.3, 0.4) is 0 Å². The van der Waals surface area contributed by atoms with Gasteiger partial charge in [0.15, 0.2) is 11.5 Å². The Labute approximate surface area is 207 Å². The lowest BCUT2D eigenvalue weighted by molar-refractivity contribution is 0.204. The van der Waals surface area contributed by atoms with Crippen LogP contribution in [0.4, 0.5) is 11.5 Å². The normalized spacial score (nSPS) is 13.7. The van der Waals surface area contributed by atoms with Crippen molar-refractivity contribution in [3.8, 4) is 0 Å². The summed E-state index contributed by atoms with van der Waals surface area (Å²) < 4.78 is 7.64. The number of thioether (sulfide) groups is 1. The SMILES string of the molecule is CCCCC(C)Sc1ncnc2ncn(Cc3ccc4c(c3)N(COC)c3nccnc3S4)c12. The highest BCUT2D eigenvalue weighted by molar-refractivity contribution is 8.00. The second-order valence-corrected chi connectivity index (χ2v) is 10.7. The molecule has 1 aliphatic rings. The van der Waals surface area contributed by atoms with E-state index < -0.39 is 0 Å². The van der Waals surface area contributed by atoms with E-state index in [4.69, 9.17) is 4.74 Å². The number of ether oxygens (including phenoxy) is 1. The second-order valence-electron chi connectivity index (χ2n) is 8.23. The van der Waals surface area contributed by atoms with Crippen LogP contribution in [-0.4, -0.2) is 48.6 Å². The van der Waals surface area contributed by atoms with Gasteiger partial charge in [0.25, 0.3) is 0 Å². The van der Waals surface area contributed by atoms with Gasteiger partial charge in [0.1, 0.15) is 28.6 Å². The van der Waals surface area contributed by atoms with Crippen molar-refractivity contribution in [3.63, 3.8) is 0 Å². The van der Waals surface area contributed by atoms with Crippen molar-refractivity contribution in [2.24, 2.45) is 0 Å². The molecule has 3 aromatic heterocycles. The van der Waals surface area contributed by atoms with Gasteiger partial charge < -0.3 is 9.30 Å². The summed E-state index contributed by atoms with van der Waals surface area (Å²) in [5, 5.41) is 2.37. The van der Waals surface area contributed by atoms with E-state index in [-0.39, 0.29) is 0 Å². The molecule has 0 spiro atoms. The zero-order chi connectivity index (χ0) is 23.5. The number of hydrogen-bond acceptors (Lipinski definition) is 9. The third kappa shape index (κ3) is 4.62. The first-order chi connectivity index (χ1) is 16.7. The number of rotatable bonds is 9. The first kappa shape index (κ1) is 23.1. The van der Waals surface area contributed by atoms with Crippen LogP contribution in [0.25, 0.3) is 11.2 Å². The quantitative estimate of drug-likeness (QED) is 0.220. The molecule has 4 heterocycles. The molecule has 1 aromatic carbocycles. The molecule has 34 heavy (non-hydrogen) atoms. The number of nitrogens with zero attached hydrogens (tertiary/aromatic N) is 7. The smallest absolute Gasteiger partial charge is 0.181 e. The Morgan fingerprint density at radius 3 is 2.85 bits per heavy atom. The average molecular weight is 494 g/mol. The molecule has 4 aromatic rings. The standard InChI is InChI=1S/C24H27N7OS2/c1-4-5-6-16(2)33-23-20-21(27-13-28-23)29-14-30(20)12-17-7-8-19-18(11-17)31(15-32-3)22-24(34-19)26-10-9-25-22/h7-11,13-14,16H,4-6,12,15H2,1-3H3. The van der Waals surface area contributed by atoms with E-state index in [2.05, 4.69) is 66.4 Å². The number of imidazole rings is 1. The molecule has 0 aliphatic carbocycles. The van der Waals surface area contributed by atoms with Crippen molar-refractivity contribution in [2.75, 3.05) is 18.7 Å². The van der Waals surface area contributed by atoms with Gasteiger partial charge in [-0.15, -0.1) is 11.8 Å². The van der Waals surface area contributed by atoms with Gasteiger partial charge in [-0.25, -0.2) is 24.9 Å². The van der Waals surface area contributed by atoms with Crippen LogP contribution in [0, 0.1) is 0 Å². The minimum Gasteiger partial charge on any atom is -0.364 e. The summed E-state index contributed by atoms with van der Waals surface area (Å²) in [5.74, 6) is 0.820. The van der Waals surface area contributed by atoms with Crippen molar-refractivity contribution in [2.45, 2.75) is 59.9 Å². The maximum Gasteiger partial charge on any atom is 0.181 e. The summed E-state index contributed by atoms with van der Waals surface area (Å²) >= 11 is 3.44. The molecule has 0 saturated heterocycles. The van der Waals surface area contributed by atoms with E-state index in [1.54, 1.807) is 37.6 Å². The lowest BCUT2D eigenvalue weighted by atomic mass is 10.1. The van der Waals surface area contributed by atoms with Crippen LogP contribution in [0.1, 0.15) is 38.7 Å². The Morgan fingerprint density at radius 1 is 1.12 bits per heavy atom. The monoisotopic (exact) mass is 493 g/mol. The van der Waals surface area contributed by atoms with Crippen molar-refractivity contribution in [1.29, 1.82) is 0 Å². The maximum atomic E-state index is 5.49. The lowest BCUT2D eigenvalue weighted by Gasteiger charge is -2.30. The number of fused-ring (bicyclic) bond motifs is 3. The van der Waals surface area contributed by atoms with Gasteiger partial charge in [-0.1, -0.05) is 44.5 Å². The molecular weight excluding hydrogens is 466 g/mol. The fourth-order valence-electron chi connectivity index (χ4n) is 4.04. The summed E-state index contributed by atoms with van der Waals surface area (Å²) in [6.45, 7) is 5.57. The molecule has 5 rings (SSSR count). The van der Waals surface area contributed by atoms with Gasteiger partial charge in [0.2, 0.25) is 0 Å². The fraction of sp³-hybridized carbons (Fsp3) is 0.375. The summed E-state index contributed by atoms with van der Waals surface area (Å²) in [6, 6.07) is 6.50. The van der Waals surface area contributed by atoms with Crippen LogP contribution in [0.15, 0.2) is 58.2 Å². The van der Waals surface area contributed by atoms with Crippen molar-refractivity contribution < 1.29 is 4.74 Å². The number of hydrogen-bond donors (Lipinski definition) is 0. The topological polar surface area (TPSA) is 81.9 Å². The molecule has 0 amide bonds. The Bertz CT molecular complexity index is 1300. The Hall–Kier alpha value is -2.69. The molecule has 8 nitrogen and oxygen atoms in total. The summed E-state index contributed by atoms with van der Waals surface area (Å²) in [5.41, 5.74) is 3.96. The molecule has 10 heteroatoms. The van der Waals surface area contributed by atoms with E-state index >= 15 is 0 Å². The van der Waals surface area contributed by atoms with Gasteiger partial charge in [-0.2, -0.15) is 0 Å². The summed E-state index contributed by atoms with van der Waals surface area (Å²) in [6.07, 6.45) is 10.5. The van der Waals surface area contributed by atoms with Crippen LogP contribution in [0.2, 0.25) is 0 Å². The average Bonchev–Trinajstić information content (AvgIpc) is 3.26. The third-order valence-corrected chi connectivity index (χ3v) is 7.89. The molecule has 0 fully saturated rings. The molecule has 1 atom stereocenters. The fourth-order valence-corrected chi connectivity index (χ4v) is 6.12. The number of benzene rings is 1. The molecule has 176 valence electrons. The minimum absolute atomic E-state index is 0.404. The first-order valence-electron chi connectivity index (χ1n) is 11.4. The number of aromatic nitrogens is 6. The van der Waals surface area contributed by atoms with E-state index in [1.165, 1.54) is 19.3 Å². The van der Waals surface area contributed by atoms with Gasteiger partial charge >= 0.3 is 0 Å². The molecule has 1 unspecified atom stereocenters. The summed E-state index contributed by atoms with van der Waals surface area (Å²) in [4.78, 5) is 25.8. The largest absolute Gasteiger partial charge is 0.364 e. The molecule has 0 radical (unpaired) electrons. The van der Waals surface area contributed by atoms with E-state index in [1.807, 2.05) is 18.1 Å². The second kappa shape index (κ2) is 10.3.